The van der Waals surface area contributed by atoms with Crippen molar-refractivity contribution >= 4 is 5.97 Å². The predicted molar refractivity (Wildman–Crippen MR) is 110 cm³/mol. The van der Waals surface area contributed by atoms with Crippen molar-refractivity contribution in [1.82, 2.24) is 0 Å². The maximum Gasteiger partial charge on any atom is 0.306 e. The van der Waals surface area contributed by atoms with Crippen LogP contribution in [0.3, 0.4) is 0 Å². The Morgan fingerprint density at radius 1 is 1.00 bits per heavy atom. The molecule has 4 N–H and O–H groups in total. The zero-order valence-electron chi connectivity index (χ0n) is 16.6. The predicted octanol–water partition coefficient (Wildman–Crippen LogP) is 3.29. The van der Waals surface area contributed by atoms with Crippen molar-refractivity contribution in [3.8, 4) is 5.75 Å². The summed E-state index contributed by atoms with van der Waals surface area (Å²) >= 11 is 0. The van der Waals surface area contributed by atoms with Gasteiger partial charge in [0.2, 0.25) is 0 Å². The Labute approximate surface area is 167 Å². The fourth-order valence-corrected chi connectivity index (χ4v) is 3.03. The summed E-state index contributed by atoms with van der Waals surface area (Å²) in [6.45, 7) is 4.81. The molecular formula is C23H31NO4. The van der Waals surface area contributed by atoms with Crippen LogP contribution in [0.4, 0.5) is 0 Å². The van der Waals surface area contributed by atoms with E-state index in [2.05, 4.69) is 13.8 Å². The SMILES string of the molecule is CC(C)COc1ccc(CC(CC(O)C(N)Cc2ccccc2)C(=O)O)cc1. The van der Waals surface area contributed by atoms with Crippen molar-refractivity contribution in [2.45, 2.75) is 45.3 Å². The number of rotatable bonds is 11. The fraction of sp³-hybridized carbons (Fsp3) is 0.435. The summed E-state index contributed by atoms with van der Waals surface area (Å²) in [5, 5.41) is 20.0. The lowest BCUT2D eigenvalue weighted by atomic mass is 9.90. The number of carboxylic acid groups (broad SMARTS) is 1. The Bertz CT molecular complexity index is 715. The number of hydrogen-bond donors (Lipinski definition) is 3. The van der Waals surface area contributed by atoms with E-state index in [0.29, 0.717) is 25.4 Å². The summed E-state index contributed by atoms with van der Waals surface area (Å²) in [6, 6.07) is 16.6. The van der Waals surface area contributed by atoms with E-state index in [1.165, 1.54) is 0 Å². The quantitative estimate of drug-likeness (QED) is 0.552. The van der Waals surface area contributed by atoms with Gasteiger partial charge in [0.1, 0.15) is 5.75 Å². The van der Waals surface area contributed by atoms with Gasteiger partial charge in [-0.05, 0) is 48.4 Å². The van der Waals surface area contributed by atoms with Gasteiger partial charge in [0.25, 0.3) is 0 Å². The van der Waals surface area contributed by atoms with Crippen LogP contribution < -0.4 is 10.5 Å². The number of carbonyl (C=O) groups is 1. The summed E-state index contributed by atoms with van der Waals surface area (Å²) in [5.41, 5.74) is 8.03. The number of aliphatic carboxylic acids is 1. The molecule has 3 atom stereocenters. The molecule has 0 aliphatic heterocycles. The molecule has 5 nitrogen and oxygen atoms in total. The summed E-state index contributed by atoms with van der Waals surface area (Å²) in [6.07, 6.45) is 0.0926. The van der Waals surface area contributed by atoms with E-state index in [1.807, 2.05) is 54.6 Å². The largest absolute Gasteiger partial charge is 0.493 e. The van der Waals surface area contributed by atoms with Crippen molar-refractivity contribution < 1.29 is 19.7 Å². The Morgan fingerprint density at radius 2 is 1.61 bits per heavy atom. The van der Waals surface area contributed by atoms with E-state index in [0.717, 1.165) is 16.9 Å². The van der Waals surface area contributed by atoms with Crippen molar-refractivity contribution in [1.29, 1.82) is 0 Å². The highest BCUT2D eigenvalue weighted by Gasteiger charge is 2.25. The molecule has 28 heavy (non-hydrogen) atoms. The Balaban J connectivity index is 1.92. The molecule has 152 valence electrons. The molecule has 0 fully saturated rings. The molecule has 0 aliphatic carbocycles. The maximum atomic E-state index is 11.7. The second-order valence-electron chi connectivity index (χ2n) is 7.74. The Hall–Kier alpha value is -2.37. The van der Waals surface area contributed by atoms with Crippen molar-refractivity contribution in [2.24, 2.45) is 17.6 Å². The number of nitrogens with two attached hydrogens (primary N) is 1. The first-order chi connectivity index (χ1) is 13.3. The van der Waals surface area contributed by atoms with Crippen LogP contribution in [0.15, 0.2) is 54.6 Å². The van der Waals surface area contributed by atoms with E-state index >= 15 is 0 Å². The number of aliphatic hydroxyl groups excluding tert-OH is 1. The highest BCUT2D eigenvalue weighted by Crippen LogP contribution is 2.20. The molecule has 3 unspecified atom stereocenters. The first kappa shape index (κ1) is 21.9. The van der Waals surface area contributed by atoms with Crippen LogP contribution in [0.2, 0.25) is 0 Å². The fourth-order valence-electron chi connectivity index (χ4n) is 3.03. The molecule has 0 radical (unpaired) electrons. The molecule has 0 spiro atoms. The number of hydrogen-bond acceptors (Lipinski definition) is 4. The molecule has 0 heterocycles. The Morgan fingerprint density at radius 3 is 2.18 bits per heavy atom. The number of ether oxygens (including phenoxy) is 1. The number of carboxylic acids is 1. The summed E-state index contributed by atoms with van der Waals surface area (Å²) in [7, 11) is 0. The average Bonchev–Trinajstić information content (AvgIpc) is 2.67. The van der Waals surface area contributed by atoms with Gasteiger partial charge in [-0.3, -0.25) is 4.79 Å². The van der Waals surface area contributed by atoms with E-state index in [-0.39, 0.29) is 6.42 Å². The topological polar surface area (TPSA) is 92.8 Å². The smallest absolute Gasteiger partial charge is 0.306 e. The van der Waals surface area contributed by atoms with Crippen LogP contribution in [-0.4, -0.2) is 34.9 Å². The van der Waals surface area contributed by atoms with Gasteiger partial charge in [0.05, 0.1) is 18.6 Å². The third kappa shape index (κ3) is 7.33. The molecule has 0 saturated heterocycles. The zero-order valence-corrected chi connectivity index (χ0v) is 16.6. The third-order valence-corrected chi connectivity index (χ3v) is 4.67. The van der Waals surface area contributed by atoms with Gasteiger partial charge in [0.15, 0.2) is 0 Å². The van der Waals surface area contributed by atoms with Crippen LogP contribution in [0.1, 0.15) is 31.4 Å². The highest BCUT2D eigenvalue weighted by atomic mass is 16.5. The Kier molecular flexibility index (Phi) is 8.48. The van der Waals surface area contributed by atoms with Crippen molar-refractivity contribution in [3.05, 3.63) is 65.7 Å². The average molecular weight is 386 g/mol. The summed E-state index contributed by atoms with van der Waals surface area (Å²) < 4.78 is 5.65. The minimum absolute atomic E-state index is 0.120. The molecular weight excluding hydrogens is 354 g/mol. The van der Waals surface area contributed by atoms with Crippen LogP contribution in [0.5, 0.6) is 5.75 Å². The molecule has 0 amide bonds. The molecule has 2 aromatic carbocycles. The first-order valence-corrected chi connectivity index (χ1v) is 9.77. The van der Waals surface area contributed by atoms with Crippen LogP contribution >= 0.6 is 0 Å². The van der Waals surface area contributed by atoms with Crippen molar-refractivity contribution in [2.75, 3.05) is 6.61 Å². The number of benzene rings is 2. The number of aliphatic hydroxyl groups is 1. The lowest BCUT2D eigenvalue weighted by Crippen LogP contribution is -2.39. The van der Waals surface area contributed by atoms with Gasteiger partial charge in [-0.25, -0.2) is 0 Å². The molecule has 0 bridgehead atoms. The van der Waals surface area contributed by atoms with E-state index in [1.54, 1.807) is 0 Å². The molecule has 0 aromatic heterocycles. The monoisotopic (exact) mass is 385 g/mol. The van der Waals surface area contributed by atoms with Crippen LogP contribution in [0, 0.1) is 11.8 Å². The van der Waals surface area contributed by atoms with Crippen molar-refractivity contribution in [3.63, 3.8) is 0 Å². The van der Waals surface area contributed by atoms with E-state index in [9.17, 15) is 15.0 Å². The second kappa shape index (κ2) is 10.8. The summed E-state index contributed by atoms with van der Waals surface area (Å²) in [4.78, 5) is 11.7. The first-order valence-electron chi connectivity index (χ1n) is 9.77. The molecule has 2 rings (SSSR count). The lowest BCUT2D eigenvalue weighted by molar-refractivity contribution is -0.142. The molecule has 2 aromatic rings. The molecule has 0 saturated carbocycles. The normalized spacial score (nSPS) is 14.5. The van der Waals surface area contributed by atoms with Crippen LogP contribution in [-0.2, 0) is 17.6 Å². The molecule has 0 aliphatic rings. The van der Waals surface area contributed by atoms with Gasteiger partial charge >= 0.3 is 5.97 Å². The minimum atomic E-state index is -0.925. The lowest BCUT2D eigenvalue weighted by Gasteiger charge is -2.22. The maximum absolute atomic E-state index is 11.7. The van der Waals surface area contributed by atoms with Gasteiger partial charge in [0, 0.05) is 6.04 Å². The van der Waals surface area contributed by atoms with Gasteiger partial charge in [-0.2, -0.15) is 0 Å². The third-order valence-electron chi connectivity index (χ3n) is 4.67. The second-order valence-corrected chi connectivity index (χ2v) is 7.74. The molecule has 5 heteroatoms. The van der Waals surface area contributed by atoms with Gasteiger partial charge < -0.3 is 20.7 Å². The van der Waals surface area contributed by atoms with Gasteiger partial charge in [-0.15, -0.1) is 0 Å². The highest BCUT2D eigenvalue weighted by molar-refractivity contribution is 5.70. The summed E-state index contributed by atoms with van der Waals surface area (Å²) in [5.74, 6) is -0.405. The van der Waals surface area contributed by atoms with E-state index in [4.69, 9.17) is 10.5 Å². The standard InChI is InChI=1S/C23H31NO4/c1-16(2)15-28-20-10-8-18(9-11-20)12-19(23(26)27)14-22(25)21(24)13-17-6-4-3-5-7-17/h3-11,16,19,21-22,25H,12-15,24H2,1-2H3,(H,26,27). The van der Waals surface area contributed by atoms with Crippen LogP contribution in [0.25, 0.3) is 0 Å². The minimum Gasteiger partial charge on any atom is -0.493 e. The van der Waals surface area contributed by atoms with E-state index < -0.39 is 24.0 Å². The zero-order chi connectivity index (χ0) is 20.5. The van der Waals surface area contributed by atoms with Gasteiger partial charge in [-0.1, -0.05) is 56.3 Å².